The van der Waals surface area contributed by atoms with Crippen LogP contribution in [0.2, 0.25) is 0 Å². The molecule has 7 nitrogen and oxygen atoms in total. The molecule has 1 saturated heterocycles. The summed E-state index contributed by atoms with van der Waals surface area (Å²) in [6.45, 7) is 4.54. The average molecular weight is 542 g/mol. The quantitative estimate of drug-likeness (QED) is 0.561. The number of alkyl halides is 3. The summed E-state index contributed by atoms with van der Waals surface area (Å²) < 4.78 is 80.9. The minimum absolute atomic E-state index is 0.238. The van der Waals surface area contributed by atoms with Crippen molar-refractivity contribution >= 4 is 10.1 Å². The molecule has 3 aliphatic rings. The summed E-state index contributed by atoms with van der Waals surface area (Å²) in [6, 6.07) is 4.75. The summed E-state index contributed by atoms with van der Waals surface area (Å²) >= 11 is 0. The zero-order valence-electron chi connectivity index (χ0n) is 20.9. The molecule has 202 valence electrons. The number of nitrogens with zero attached hydrogens (tertiary/aromatic N) is 1. The SMILES string of the molecule is CC1(C)Cc2nc(COS(C)(=O)=O)c3c(c2C(O)C1)C1(CCOCC1)OC3c1ccc(C(F)(F)F)cc1. The molecule has 5 rings (SSSR count). The van der Waals surface area contributed by atoms with Gasteiger partial charge in [0.2, 0.25) is 0 Å². The van der Waals surface area contributed by atoms with Crippen LogP contribution in [0, 0.1) is 5.41 Å². The monoisotopic (exact) mass is 541 g/mol. The van der Waals surface area contributed by atoms with Gasteiger partial charge in [-0.1, -0.05) is 26.0 Å². The van der Waals surface area contributed by atoms with E-state index in [-0.39, 0.29) is 12.0 Å². The van der Waals surface area contributed by atoms with E-state index < -0.39 is 39.7 Å². The largest absolute Gasteiger partial charge is 0.416 e. The molecule has 0 saturated carbocycles. The van der Waals surface area contributed by atoms with Crippen molar-refractivity contribution in [1.82, 2.24) is 4.98 Å². The Labute approximate surface area is 214 Å². The summed E-state index contributed by atoms with van der Waals surface area (Å²) in [5.74, 6) is 0. The van der Waals surface area contributed by atoms with E-state index in [2.05, 4.69) is 0 Å². The van der Waals surface area contributed by atoms with Crippen LogP contribution in [0.5, 0.6) is 0 Å². The predicted octanol–water partition coefficient (Wildman–Crippen LogP) is 4.71. The lowest BCUT2D eigenvalue weighted by Gasteiger charge is -2.40. The fourth-order valence-corrected chi connectivity index (χ4v) is 6.23. The topological polar surface area (TPSA) is 95.0 Å². The lowest BCUT2D eigenvalue weighted by atomic mass is 9.70. The molecular formula is C26H30F3NO6S. The number of aliphatic hydroxyl groups excluding tert-OH is 1. The van der Waals surface area contributed by atoms with Crippen LogP contribution in [-0.2, 0) is 48.6 Å². The number of rotatable bonds is 4. The van der Waals surface area contributed by atoms with Gasteiger partial charge in [0.15, 0.2) is 0 Å². The highest BCUT2D eigenvalue weighted by Crippen LogP contribution is 2.57. The zero-order valence-corrected chi connectivity index (χ0v) is 21.7. The van der Waals surface area contributed by atoms with Crippen molar-refractivity contribution < 1.29 is 40.4 Å². The molecule has 1 fully saturated rings. The van der Waals surface area contributed by atoms with Crippen LogP contribution in [0.3, 0.4) is 0 Å². The van der Waals surface area contributed by atoms with Crippen molar-refractivity contribution in [2.24, 2.45) is 5.41 Å². The lowest BCUT2D eigenvalue weighted by Crippen LogP contribution is -2.37. The summed E-state index contributed by atoms with van der Waals surface area (Å²) in [4.78, 5) is 4.80. The molecular weight excluding hydrogens is 511 g/mol. The summed E-state index contributed by atoms with van der Waals surface area (Å²) in [5, 5.41) is 11.3. The summed E-state index contributed by atoms with van der Waals surface area (Å²) in [7, 11) is -3.81. The fourth-order valence-electron chi connectivity index (χ4n) is 5.90. The maximum Gasteiger partial charge on any atom is 0.416 e. The van der Waals surface area contributed by atoms with Gasteiger partial charge in [-0.3, -0.25) is 9.17 Å². The second kappa shape index (κ2) is 9.01. The van der Waals surface area contributed by atoms with Crippen LogP contribution in [-0.4, -0.2) is 38.0 Å². The van der Waals surface area contributed by atoms with Crippen LogP contribution in [0.25, 0.3) is 0 Å². The van der Waals surface area contributed by atoms with E-state index >= 15 is 0 Å². The number of ether oxygens (including phenoxy) is 2. The Morgan fingerprint density at radius 1 is 1.14 bits per heavy atom. The summed E-state index contributed by atoms with van der Waals surface area (Å²) in [5.41, 5.74) is 1.60. The normalized spacial score (nSPS) is 24.6. The predicted molar refractivity (Wildman–Crippen MR) is 127 cm³/mol. The Kier molecular flexibility index (Phi) is 6.47. The molecule has 3 heterocycles. The highest BCUT2D eigenvalue weighted by molar-refractivity contribution is 7.85. The summed E-state index contributed by atoms with van der Waals surface area (Å²) in [6.07, 6.45) is -3.14. The van der Waals surface area contributed by atoms with Crippen LogP contribution in [0.1, 0.15) is 84.5 Å². The standard InChI is InChI=1S/C26H30F3NO6S/c1-24(2)12-17-20(19(31)13-24)22-21(18(30-17)14-35-37(3,32)33)23(36-25(22)8-10-34-11-9-25)15-4-6-16(7-5-15)26(27,28)29/h4-7,19,23,31H,8-14H2,1-3H3. The van der Waals surface area contributed by atoms with Gasteiger partial charge < -0.3 is 14.6 Å². The van der Waals surface area contributed by atoms with Crippen LogP contribution in [0.4, 0.5) is 13.2 Å². The molecule has 2 aliphatic heterocycles. The van der Waals surface area contributed by atoms with E-state index in [0.717, 1.165) is 24.0 Å². The van der Waals surface area contributed by atoms with Crippen molar-refractivity contribution in [3.8, 4) is 0 Å². The number of hydrogen-bond donors (Lipinski definition) is 1. The van der Waals surface area contributed by atoms with Gasteiger partial charge in [-0.2, -0.15) is 21.6 Å². The van der Waals surface area contributed by atoms with Gasteiger partial charge in [-0.05, 0) is 41.5 Å². The van der Waals surface area contributed by atoms with Crippen molar-refractivity contribution in [3.63, 3.8) is 0 Å². The Morgan fingerprint density at radius 2 is 1.78 bits per heavy atom. The Hall–Kier alpha value is -2.05. The number of halogens is 3. The Bertz CT molecular complexity index is 1300. The molecule has 0 bridgehead atoms. The Morgan fingerprint density at radius 3 is 2.38 bits per heavy atom. The van der Waals surface area contributed by atoms with Crippen molar-refractivity contribution in [2.75, 3.05) is 19.5 Å². The van der Waals surface area contributed by atoms with E-state index in [1.54, 1.807) is 0 Å². The fraction of sp³-hybridized carbons (Fsp3) is 0.577. The first kappa shape index (κ1) is 26.6. The van der Waals surface area contributed by atoms with Gasteiger partial charge in [0.05, 0.1) is 29.2 Å². The first-order valence-corrected chi connectivity index (χ1v) is 14.0. The van der Waals surface area contributed by atoms with E-state index in [4.69, 9.17) is 18.6 Å². The molecule has 37 heavy (non-hydrogen) atoms. The highest BCUT2D eigenvalue weighted by atomic mass is 32.2. The lowest BCUT2D eigenvalue weighted by molar-refractivity contribution is -0.137. The molecule has 11 heteroatoms. The molecule has 0 radical (unpaired) electrons. The van der Waals surface area contributed by atoms with Gasteiger partial charge in [-0.25, -0.2) is 0 Å². The van der Waals surface area contributed by atoms with Gasteiger partial charge in [-0.15, -0.1) is 0 Å². The van der Waals surface area contributed by atoms with Crippen LogP contribution >= 0.6 is 0 Å². The molecule has 0 amide bonds. The van der Waals surface area contributed by atoms with Gasteiger partial charge in [0.1, 0.15) is 12.7 Å². The smallest absolute Gasteiger partial charge is 0.388 e. The minimum atomic E-state index is -4.49. The van der Waals surface area contributed by atoms with E-state index in [9.17, 15) is 26.7 Å². The number of aromatic nitrogens is 1. The van der Waals surface area contributed by atoms with E-state index in [1.807, 2.05) is 13.8 Å². The third-order valence-corrected chi connectivity index (χ3v) is 8.01. The molecule has 1 spiro atoms. The van der Waals surface area contributed by atoms with Crippen molar-refractivity contribution in [2.45, 2.75) is 70.1 Å². The van der Waals surface area contributed by atoms with Gasteiger partial charge >= 0.3 is 6.18 Å². The minimum Gasteiger partial charge on any atom is -0.388 e. The molecule has 1 N–H and O–H groups in total. The van der Waals surface area contributed by atoms with Crippen LogP contribution < -0.4 is 0 Å². The zero-order chi connectivity index (χ0) is 26.8. The maximum absolute atomic E-state index is 13.2. The van der Waals surface area contributed by atoms with Crippen molar-refractivity contribution in [1.29, 1.82) is 0 Å². The van der Waals surface area contributed by atoms with E-state index in [1.165, 1.54) is 12.1 Å². The maximum atomic E-state index is 13.2. The molecule has 1 aliphatic carbocycles. The number of hydrogen-bond acceptors (Lipinski definition) is 7. The molecule has 2 unspecified atom stereocenters. The van der Waals surface area contributed by atoms with Gasteiger partial charge in [0.25, 0.3) is 10.1 Å². The average Bonchev–Trinajstić information content (AvgIpc) is 3.10. The van der Waals surface area contributed by atoms with Crippen LogP contribution in [0.15, 0.2) is 24.3 Å². The molecule has 1 aromatic heterocycles. The number of fused-ring (bicyclic) bond motifs is 4. The van der Waals surface area contributed by atoms with E-state index in [0.29, 0.717) is 67.0 Å². The molecule has 2 aromatic rings. The third kappa shape index (κ3) is 5.04. The number of benzene rings is 1. The molecule has 2 atom stereocenters. The first-order valence-electron chi connectivity index (χ1n) is 12.2. The second-order valence-corrected chi connectivity index (χ2v) is 12.6. The Balaban J connectivity index is 1.73. The molecule has 1 aromatic carbocycles. The van der Waals surface area contributed by atoms with Gasteiger partial charge in [0, 0.05) is 42.9 Å². The second-order valence-electron chi connectivity index (χ2n) is 11.0. The number of aliphatic hydroxyl groups is 1. The third-order valence-electron chi connectivity index (χ3n) is 7.47. The first-order chi connectivity index (χ1) is 17.2. The van der Waals surface area contributed by atoms with Crippen molar-refractivity contribution in [3.05, 3.63) is 63.5 Å². The number of pyridine rings is 1. The highest BCUT2D eigenvalue weighted by Gasteiger charge is 2.52.